The summed E-state index contributed by atoms with van der Waals surface area (Å²) in [5, 5.41) is 17.9. The highest BCUT2D eigenvalue weighted by atomic mass is 32.1. The zero-order chi connectivity index (χ0) is 18.3. The monoisotopic (exact) mass is 363 g/mol. The van der Waals surface area contributed by atoms with Gasteiger partial charge in [0.05, 0.1) is 17.2 Å². The maximum absolute atomic E-state index is 4.69. The van der Waals surface area contributed by atoms with Gasteiger partial charge in [-0.3, -0.25) is 0 Å². The Morgan fingerprint density at radius 2 is 2.08 bits per heavy atom. The van der Waals surface area contributed by atoms with E-state index in [4.69, 9.17) is 4.98 Å². The number of hydrogen-bond acceptors (Lipinski definition) is 5. The summed E-state index contributed by atoms with van der Waals surface area (Å²) in [6.45, 7) is 13.7. The molecular formula is C17H29N7S. The minimum absolute atomic E-state index is 0.0885. The molecular weight excluding hydrogens is 334 g/mol. The number of guanidine groups is 1. The normalized spacial score (nSPS) is 12.4. The van der Waals surface area contributed by atoms with Gasteiger partial charge in [-0.05, 0) is 6.92 Å². The van der Waals surface area contributed by atoms with Gasteiger partial charge in [-0.2, -0.15) is 0 Å². The number of nitrogens with one attached hydrogen (secondary N) is 2. The van der Waals surface area contributed by atoms with Gasteiger partial charge >= 0.3 is 0 Å². The average Bonchev–Trinajstić information content (AvgIpc) is 3.21. The lowest BCUT2D eigenvalue weighted by molar-refractivity contribution is 0.583. The van der Waals surface area contributed by atoms with E-state index < -0.39 is 0 Å². The van der Waals surface area contributed by atoms with Gasteiger partial charge in [0.1, 0.15) is 12.2 Å². The molecule has 0 aliphatic carbocycles. The van der Waals surface area contributed by atoms with Crippen LogP contribution in [0.4, 0.5) is 0 Å². The van der Waals surface area contributed by atoms with E-state index in [1.54, 1.807) is 17.7 Å². The molecule has 0 fully saturated rings. The molecule has 0 aliphatic rings. The topological polar surface area (TPSA) is 80.0 Å². The Labute approximate surface area is 154 Å². The molecule has 0 amide bonds. The van der Waals surface area contributed by atoms with Crippen LogP contribution in [0.3, 0.4) is 0 Å². The summed E-state index contributed by atoms with van der Waals surface area (Å²) in [7, 11) is 0. The predicted octanol–water partition coefficient (Wildman–Crippen LogP) is 2.35. The van der Waals surface area contributed by atoms with E-state index in [9.17, 15) is 0 Å². The molecule has 2 aromatic rings. The summed E-state index contributed by atoms with van der Waals surface area (Å²) < 4.78 is 2.06. The van der Waals surface area contributed by atoms with Crippen LogP contribution in [0.2, 0.25) is 0 Å². The van der Waals surface area contributed by atoms with Crippen LogP contribution in [0.25, 0.3) is 0 Å². The minimum atomic E-state index is 0.0885. The Balaban J connectivity index is 1.90. The number of aryl methyl sites for hydroxylation is 1. The van der Waals surface area contributed by atoms with Crippen molar-refractivity contribution in [2.24, 2.45) is 4.99 Å². The third-order valence-electron chi connectivity index (χ3n) is 3.59. The summed E-state index contributed by atoms with van der Waals surface area (Å²) in [6, 6.07) is 0. The standard InChI is InChI=1S/C17H29N7S/c1-6-14-23-21-12-24(14)9-8-19-16(18-7-2)20-10-13-11-25-15(22-13)17(3,4)5/h11-12H,6-10H2,1-5H3,(H2,18,19,20). The van der Waals surface area contributed by atoms with Crippen LogP contribution in [-0.4, -0.2) is 38.8 Å². The SMILES string of the molecule is CCNC(=NCc1csc(C(C)(C)C)n1)NCCn1cnnc1CC. The molecule has 0 saturated heterocycles. The number of aromatic nitrogens is 4. The first-order valence-electron chi connectivity index (χ1n) is 8.77. The molecule has 0 radical (unpaired) electrons. The zero-order valence-electron chi connectivity index (χ0n) is 15.8. The summed E-state index contributed by atoms with van der Waals surface area (Å²) in [6.07, 6.45) is 2.65. The number of rotatable bonds is 7. The Morgan fingerprint density at radius 3 is 2.72 bits per heavy atom. The highest BCUT2D eigenvalue weighted by molar-refractivity contribution is 7.09. The number of nitrogens with zero attached hydrogens (tertiary/aromatic N) is 5. The van der Waals surface area contributed by atoms with Crippen molar-refractivity contribution < 1.29 is 0 Å². The molecule has 0 unspecified atom stereocenters. The van der Waals surface area contributed by atoms with Crippen molar-refractivity contribution in [2.45, 2.75) is 59.5 Å². The van der Waals surface area contributed by atoms with Gasteiger partial charge in [-0.25, -0.2) is 9.98 Å². The predicted molar refractivity (Wildman–Crippen MR) is 103 cm³/mol. The Morgan fingerprint density at radius 1 is 1.28 bits per heavy atom. The molecule has 0 saturated carbocycles. The first kappa shape index (κ1) is 19.4. The van der Waals surface area contributed by atoms with Crippen molar-refractivity contribution in [3.05, 3.63) is 28.2 Å². The number of aliphatic imine (C=N–C) groups is 1. The van der Waals surface area contributed by atoms with Crippen LogP contribution in [0, 0.1) is 0 Å². The molecule has 0 atom stereocenters. The minimum Gasteiger partial charge on any atom is -0.357 e. The van der Waals surface area contributed by atoms with E-state index in [1.807, 2.05) is 0 Å². The number of thiazole rings is 1. The van der Waals surface area contributed by atoms with E-state index in [-0.39, 0.29) is 5.41 Å². The molecule has 0 aliphatic heterocycles. The summed E-state index contributed by atoms with van der Waals surface area (Å²) in [5.74, 6) is 1.81. The largest absolute Gasteiger partial charge is 0.357 e. The first-order chi connectivity index (χ1) is 11.9. The highest BCUT2D eigenvalue weighted by Gasteiger charge is 2.17. The van der Waals surface area contributed by atoms with Crippen molar-refractivity contribution >= 4 is 17.3 Å². The van der Waals surface area contributed by atoms with Gasteiger partial charge in [0, 0.05) is 36.9 Å². The van der Waals surface area contributed by atoms with Gasteiger partial charge in [-0.15, -0.1) is 21.5 Å². The molecule has 2 heterocycles. The van der Waals surface area contributed by atoms with E-state index in [2.05, 4.69) is 70.4 Å². The first-order valence-corrected chi connectivity index (χ1v) is 9.65. The molecule has 2 N–H and O–H groups in total. The maximum Gasteiger partial charge on any atom is 0.191 e. The van der Waals surface area contributed by atoms with E-state index in [0.29, 0.717) is 6.54 Å². The third-order valence-corrected chi connectivity index (χ3v) is 4.91. The summed E-state index contributed by atoms with van der Waals surface area (Å²) in [4.78, 5) is 9.33. The molecule has 0 spiro atoms. The fourth-order valence-electron chi connectivity index (χ4n) is 2.26. The maximum atomic E-state index is 4.69. The summed E-state index contributed by atoms with van der Waals surface area (Å²) in [5.41, 5.74) is 1.10. The molecule has 25 heavy (non-hydrogen) atoms. The van der Waals surface area contributed by atoms with Gasteiger partial charge < -0.3 is 15.2 Å². The second-order valence-corrected chi connectivity index (χ2v) is 7.67. The van der Waals surface area contributed by atoms with Crippen molar-refractivity contribution in [1.29, 1.82) is 0 Å². The van der Waals surface area contributed by atoms with E-state index in [1.165, 1.54) is 0 Å². The molecule has 2 aromatic heterocycles. The fraction of sp³-hybridized carbons (Fsp3) is 0.647. The lowest BCUT2D eigenvalue weighted by Gasteiger charge is -2.13. The lowest BCUT2D eigenvalue weighted by atomic mass is 9.98. The fourth-order valence-corrected chi connectivity index (χ4v) is 3.16. The Bertz CT molecular complexity index is 681. The third kappa shape index (κ3) is 5.81. The second-order valence-electron chi connectivity index (χ2n) is 6.81. The number of hydrogen-bond donors (Lipinski definition) is 2. The van der Waals surface area contributed by atoms with Crippen molar-refractivity contribution in [3.8, 4) is 0 Å². The van der Waals surface area contributed by atoms with Crippen LogP contribution in [0.1, 0.15) is 51.1 Å². The van der Waals surface area contributed by atoms with Crippen LogP contribution < -0.4 is 10.6 Å². The highest BCUT2D eigenvalue weighted by Crippen LogP contribution is 2.25. The van der Waals surface area contributed by atoms with Crippen molar-refractivity contribution in [1.82, 2.24) is 30.4 Å². The zero-order valence-corrected chi connectivity index (χ0v) is 16.7. The van der Waals surface area contributed by atoms with Gasteiger partial charge in [-0.1, -0.05) is 27.7 Å². The van der Waals surface area contributed by atoms with Crippen LogP contribution in [0.5, 0.6) is 0 Å². The van der Waals surface area contributed by atoms with Gasteiger partial charge in [0.15, 0.2) is 5.96 Å². The molecule has 0 bridgehead atoms. The van der Waals surface area contributed by atoms with Crippen LogP contribution in [-0.2, 0) is 24.9 Å². The van der Waals surface area contributed by atoms with Crippen molar-refractivity contribution in [3.63, 3.8) is 0 Å². The molecule has 8 heteroatoms. The quantitative estimate of drug-likeness (QED) is 0.583. The molecule has 2 rings (SSSR count). The molecule has 0 aromatic carbocycles. The van der Waals surface area contributed by atoms with Crippen LogP contribution in [0.15, 0.2) is 16.7 Å². The smallest absolute Gasteiger partial charge is 0.191 e. The molecule has 138 valence electrons. The van der Waals surface area contributed by atoms with Gasteiger partial charge in [0.25, 0.3) is 0 Å². The lowest BCUT2D eigenvalue weighted by Crippen LogP contribution is -2.38. The van der Waals surface area contributed by atoms with Gasteiger partial charge in [0.2, 0.25) is 0 Å². The summed E-state index contributed by atoms with van der Waals surface area (Å²) >= 11 is 1.70. The second kappa shape index (κ2) is 8.94. The Hall–Kier alpha value is -1.96. The van der Waals surface area contributed by atoms with Crippen LogP contribution >= 0.6 is 11.3 Å². The van der Waals surface area contributed by atoms with E-state index >= 15 is 0 Å². The molecule has 7 nitrogen and oxygen atoms in total. The average molecular weight is 364 g/mol. The van der Waals surface area contributed by atoms with E-state index in [0.717, 1.165) is 48.5 Å². The Kier molecular flexibility index (Phi) is 6.92. The van der Waals surface area contributed by atoms with Crippen molar-refractivity contribution in [2.75, 3.05) is 13.1 Å².